The predicted octanol–water partition coefficient (Wildman–Crippen LogP) is 2.70. The second-order valence-electron chi connectivity index (χ2n) is 3.19. The summed E-state index contributed by atoms with van der Waals surface area (Å²) in [6, 6.07) is 1.42. The molecule has 0 spiro atoms. The molecular weight excluding hydrogens is 240 g/mol. The number of pyridine rings is 1. The number of hydrogen-bond acceptors (Lipinski definition) is 3. The van der Waals surface area contributed by atoms with E-state index in [-0.39, 0.29) is 17.3 Å². The van der Waals surface area contributed by atoms with Crippen LogP contribution in [0, 0.1) is 6.92 Å². The molecule has 6 heteroatoms. The van der Waals surface area contributed by atoms with Crippen LogP contribution in [0.15, 0.2) is 6.07 Å². The number of halogens is 3. The lowest BCUT2D eigenvalue weighted by atomic mass is 10.1. The predicted molar refractivity (Wildman–Crippen MR) is 54.7 cm³/mol. The van der Waals surface area contributed by atoms with E-state index in [0.29, 0.717) is 11.1 Å². The van der Waals surface area contributed by atoms with Gasteiger partial charge in [-0.1, -0.05) is 17.7 Å². The molecule has 0 bridgehead atoms. The van der Waals surface area contributed by atoms with E-state index in [4.69, 9.17) is 11.6 Å². The Balaban J connectivity index is 3.05. The number of alkyl halides is 2. The molecule has 88 valence electrons. The fourth-order valence-electron chi connectivity index (χ4n) is 1.23. The number of hydrogen-bond donors (Lipinski definition) is 0. The largest absolute Gasteiger partial charge is 0.469 e. The fraction of sp³-hybridized carbons (Fsp3) is 0.400. The summed E-state index contributed by atoms with van der Waals surface area (Å²) in [6.07, 6.45) is -2.75. The first kappa shape index (κ1) is 12.8. The minimum atomic E-state index is -2.68. The summed E-state index contributed by atoms with van der Waals surface area (Å²) >= 11 is 5.69. The van der Waals surface area contributed by atoms with E-state index in [1.165, 1.54) is 20.1 Å². The highest BCUT2D eigenvalue weighted by Gasteiger charge is 2.17. The van der Waals surface area contributed by atoms with Gasteiger partial charge < -0.3 is 4.74 Å². The summed E-state index contributed by atoms with van der Waals surface area (Å²) in [5, 5.41) is -0.0914. The van der Waals surface area contributed by atoms with Crippen LogP contribution in [0.3, 0.4) is 0 Å². The molecule has 0 aliphatic heterocycles. The van der Waals surface area contributed by atoms with Crippen LogP contribution >= 0.6 is 11.6 Å². The smallest absolute Gasteiger partial charge is 0.310 e. The van der Waals surface area contributed by atoms with Crippen molar-refractivity contribution in [2.75, 3.05) is 7.11 Å². The number of methoxy groups -OCH3 is 1. The maximum atomic E-state index is 12.5. The highest BCUT2D eigenvalue weighted by atomic mass is 35.5. The highest BCUT2D eigenvalue weighted by Crippen LogP contribution is 2.25. The van der Waals surface area contributed by atoms with Crippen LogP contribution in [0.2, 0.25) is 5.15 Å². The normalized spacial score (nSPS) is 10.6. The number of rotatable bonds is 3. The van der Waals surface area contributed by atoms with Gasteiger partial charge in [0.1, 0.15) is 10.8 Å². The van der Waals surface area contributed by atoms with E-state index < -0.39 is 12.4 Å². The van der Waals surface area contributed by atoms with Crippen molar-refractivity contribution >= 4 is 17.6 Å². The Morgan fingerprint density at radius 2 is 2.25 bits per heavy atom. The molecule has 0 fully saturated rings. The molecule has 1 aromatic rings. The first-order chi connectivity index (χ1) is 7.45. The number of ether oxygens (including phenoxy) is 1. The second kappa shape index (κ2) is 5.21. The third-order valence-electron chi connectivity index (χ3n) is 2.05. The van der Waals surface area contributed by atoms with Gasteiger partial charge in [0, 0.05) is 5.56 Å². The van der Waals surface area contributed by atoms with Gasteiger partial charge in [0.05, 0.1) is 13.5 Å². The zero-order valence-electron chi connectivity index (χ0n) is 8.76. The van der Waals surface area contributed by atoms with Gasteiger partial charge in [0.15, 0.2) is 0 Å². The summed E-state index contributed by atoms with van der Waals surface area (Å²) in [4.78, 5) is 14.6. The van der Waals surface area contributed by atoms with Crippen LogP contribution in [0.1, 0.15) is 23.2 Å². The number of esters is 1. The van der Waals surface area contributed by atoms with E-state index in [1.807, 2.05) is 0 Å². The van der Waals surface area contributed by atoms with E-state index >= 15 is 0 Å². The van der Waals surface area contributed by atoms with E-state index in [0.717, 1.165) is 0 Å². The fourth-order valence-corrected chi connectivity index (χ4v) is 1.45. The molecule has 0 saturated heterocycles. The third kappa shape index (κ3) is 2.88. The molecule has 0 radical (unpaired) electrons. The van der Waals surface area contributed by atoms with E-state index in [9.17, 15) is 13.6 Å². The van der Waals surface area contributed by atoms with Crippen molar-refractivity contribution in [1.29, 1.82) is 0 Å². The maximum absolute atomic E-state index is 12.5. The molecule has 1 heterocycles. The molecule has 0 aliphatic carbocycles. The Hall–Kier alpha value is -1.23. The zero-order valence-corrected chi connectivity index (χ0v) is 9.52. The lowest BCUT2D eigenvalue weighted by molar-refractivity contribution is -0.139. The van der Waals surface area contributed by atoms with Gasteiger partial charge in [-0.05, 0) is 12.5 Å². The van der Waals surface area contributed by atoms with Gasteiger partial charge in [0.2, 0.25) is 0 Å². The standard InChI is InChI=1S/C10H10ClF2NO2/c1-5-3-6(4-7(15)16-2)9(11)14-8(5)10(12)13/h3,10H,4H2,1-2H3. The summed E-state index contributed by atoms with van der Waals surface area (Å²) in [5.41, 5.74) is 0.326. The van der Waals surface area contributed by atoms with E-state index in [2.05, 4.69) is 9.72 Å². The van der Waals surface area contributed by atoms with Crippen LogP contribution in [-0.2, 0) is 16.0 Å². The van der Waals surface area contributed by atoms with Gasteiger partial charge >= 0.3 is 5.97 Å². The lowest BCUT2D eigenvalue weighted by Crippen LogP contribution is -2.07. The third-order valence-corrected chi connectivity index (χ3v) is 2.37. The molecule has 16 heavy (non-hydrogen) atoms. The van der Waals surface area contributed by atoms with E-state index in [1.54, 1.807) is 0 Å². The first-order valence-corrected chi connectivity index (χ1v) is 4.84. The number of aromatic nitrogens is 1. The van der Waals surface area contributed by atoms with Crippen molar-refractivity contribution in [3.63, 3.8) is 0 Å². The lowest BCUT2D eigenvalue weighted by Gasteiger charge is -2.08. The Morgan fingerprint density at radius 3 is 2.75 bits per heavy atom. The number of carbonyl (C=O) groups is 1. The Bertz CT molecular complexity index is 410. The first-order valence-electron chi connectivity index (χ1n) is 4.46. The average Bonchev–Trinajstić information content (AvgIpc) is 2.22. The summed E-state index contributed by atoms with van der Waals surface area (Å²) in [5.74, 6) is -0.493. The molecule has 0 amide bonds. The minimum Gasteiger partial charge on any atom is -0.469 e. The minimum absolute atomic E-state index is 0.0767. The van der Waals surface area contributed by atoms with Crippen molar-refractivity contribution in [3.05, 3.63) is 28.0 Å². The summed E-state index contributed by atoms with van der Waals surface area (Å²) < 4.78 is 29.4. The Labute approximate surface area is 96.4 Å². The monoisotopic (exact) mass is 249 g/mol. The second-order valence-corrected chi connectivity index (χ2v) is 3.55. The van der Waals surface area contributed by atoms with Crippen molar-refractivity contribution in [1.82, 2.24) is 4.98 Å². The van der Waals surface area contributed by atoms with Crippen molar-refractivity contribution in [2.45, 2.75) is 19.8 Å². The van der Waals surface area contributed by atoms with Crippen molar-refractivity contribution < 1.29 is 18.3 Å². The number of aryl methyl sites for hydroxylation is 1. The molecule has 0 N–H and O–H groups in total. The molecule has 0 aromatic carbocycles. The maximum Gasteiger partial charge on any atom is 0.310 e. The molecule has 0 saturated carbocycles. The summed E-state index contributed by atoms with van der Waals surface area (Å²) in [7, 11) is 1.24. The number of nitrogens with zero attached hydrogens (tertiary/aromatic N) is 1. The van der Waals surface area contributed by atoms with Crippen LogP contribution in [0.5, 0.6) is 0 Å². The van der Waals surface area contributed by atoms with Crippen LogP contribution in [0.4, 0.5) is 8.78 Å². The molecule has 3 nitrogen and oxygen atoms in total. The van der Waals surface area contributed by atoms with Crippen LogP contribution < -0.4 is 0 Å². The quantitative estimate of drug-likeness (QED) is 0.611. The molecular formula is C10H10ClF2NO2. The molecule has 1 rings (SSSR count). The Morgan fingerprint density at radius 1 is 1.62 bits per heavy atom. The molecule has 0 atom stereocenters. The number of carbonyl (C=O) groups excluding carboxylic acids is 1. The Kier molecular flexibility index (Phi) is 4.18. The van der Waals surface area contributed by atoms with Crippen molar-refractivity contribution in [2.24, 2.45) is 0 Å². The van der Waals surface area contributed by atoms with Gasteiger partial charge in [-0.2, -0.15) is 0 Å². The molecule has 1 aromatic heterocycles. The molecule has 0 unspecified atom stereocenters. The van der Waals surface area contributed by atoms with Crippen molar-refractivity contribution in [3.8, 4) is 0 Å². The van der Waals surface area contributed by atoms with Gasteiger partial charge in [-0.15, -0.1) is 0 Å². The van der Waals surface area contributed by atoms with Gasteiger partial charge in [0.25, 0.3) is 6.43 Å². The van der Waals surface area contributed by atoms with Crippen LogP contribution in [-0.4, -0.2) is 18.1 Å². The highest BCUT2D eigenvalue weighted by molar-refractivity contribution is 6.30. The van der Waals surface area contributed by atoms with Gasteiger partial charge in [-0.25, -0.2) is 13.8 Å². The topological polar surface area (TPSA) is 39.2 Å². The zero-order chi connectivity index (χ0) is 12.3. The van der Waals surface area contributed by atoms with Gasteiger partial charge in [-0.3, -0.25) is 4.79 Å². The molecule has 0 aliphatic rings. The SMILES string of the molecule is COC(=O)Cc1cc(C)c(C(F)F)nc1Cl. The summed E-state index contributed by atoms with van der Waals surface area (Å²) in [6.45, 7) is 1.49. The van der Waals surface area contributed by atoms with Crippen LogP contribution in [0.25, 0.3) is 0 Å². The average molecular weight is 250 g/mol.